The molecule has 40 heavy (non-hydrogen) atoms. The van der Waals surface area contributed by atoms with Crippen LogP contribution in [0.5, 0.6) is 11.5 Å². The third kappa shape index (κ3) is 16.0. The minimum absolute atomic E-state index is 0.237. The molecule has 2 rings (SSSR count). The Morgan fingerprint density at radius 2 is 1.18 bits per heavy atom. The van der Waals surface area contributed by atoms with Gasteiger partial charge < -0.3 is 9.84 Å². The van der Waals surface area contributed by atoms with Crippen molar-refractivity contribution in [3.8, 4) is 11.5 Å². The molecule has 0 bridgehead atoms. The Labute approximate surface area is 241 Å². The summed E-state index contributed by atoms with van der Waals surface area (Å²) in [6.45, 7) is 4.13. The molecule has 2 aromatic rings. The van der Waals surface area contributed by atoms with Crippen LogP contribution in [0, 0.1) is 6.92 Å². The second kappa shape index (κ2) is 20.8. The zero-order chi connectivity index (χ0) is 28.7. The maximum atomic E-state index is 12.3. The summed E-state index contributed by atoms with van der Waals surface area (Å²) in [6.07, 6.45) is 36.8. The summed E-state index contributed by atoms with van der Waals surface area (Å²) >= 11 is 0. The Kier molecular flexibility index (Phi) is 16.7. The number of ether oxygens (including phenoxy) is 1. The van der Waals surface area contributed by atoms with E-state index in [1.165, 1.54) is 0 Å². The average molecular weight is 537 g/mol. The molecule has 1 N–H and O–H groups in total. The zero-order valence-corrected chi connectivity index (χ0v) is 24.0. The average Bonchev–Trinajstić information content (AvgIpc) is 2.93. The van der Waals surface area contributed by atoms with E-state index < -0.39 is 0 Å². The SMILES string of the molecule is CC/C=C\C/C=C\C/C=C\C/C=C\C/C=C\C/C=C\CCC(=O)Oc1cc(C)cc(/C=C/c2ccc(O)cc2)c1. The molecule has 0 aliphatic heterocycles. The molecule has 0 amide bonds. The molecule has 2 aromatic carbocycles. The van der Waals surface area contributed by atoms with Crippen LogP contribution in [0.25, 0.3) is 12.2 Å². The summed E-state index contributed by atoms with van der Waals surface area (Å²) in [7, 11) is 0. The summed E-state index contributed by atoms with van der Waals surface area (Å²) in [5, 5.41) is 9.41. The molecule has 3 heteroatoms. The van der Waals surface area contributed by atoms with Gasteiger partial charge in [0.05, 0.1) is 0 Å². The van der Waals surface area contributed by atoms with E-state index in [0.29, 0.717) is 18.6 Å². The number of rotatable bonds is 17. The molecule has 0 aliphatic rings. The van der Waals surface area contributed by atoms with E-state index in [1.54, 1.807) is 12.1 Å². The smallest absolute Gasteiger partial charge is 0.311 e. The zero-order valence-electron chi connectivity index (χ0n) is 24.0. The number of benzene rings is 2. The van der Waals surface area contributed by atoms with Crippen molar-refractivity contribution in [1.29, 1.82) is 0 Å². The topological polar surface area (TPSA) is 46.5 Å². The molecular weight excluding hydrogens is 492 g/mol. The van der Waals surface area contributed by atoms with Gasteiger partial charge in [-0.15, -0.1) is 0 Å². The lowest BCUT2D eigenvalue weighted by Crippen LogP contribution is -2.07. The van der Waals surface area contributed by atoms with E-state index in [0.717, 1.165) is 55.2 Å². The highest BCUT2D eigenvalue weighted by molar-refractivity contribution is 5.74. The molecule has 0 fully saturated rings. The number of carbonyl (C=O) groups excluding carboxylic acids is 1. The van der Waals surface area contributed by atoms with Crippen molar-refractivity contribution in [1.82, 2.24) is 0 Å². The number of allylic oxidation sites excluding steroid dienone is 12. The lowest BCUT2D eigenvalue weighted by Gasteiger charge is -2.06. The summed E-state index contributed by atoms with van der Waals surface area (Å²) in [5.41, 5.74) is 2.95. The quantitative estimate of drug-likeness (QED) is 0.0946. The van der Waals surface area contributed by atoms with Gasteiger partial charge in [-0.2, -0.15) is 0 Å². The van der Waals surface area contributed by atoms with Crippen LogP contribution >= 0.6 is 0 Å². The van der Waals surface area contributed by atoms with Crippen molar-refractivity contribution in [3.05, 3.63) is 132 Å². The molecule has 3 nitrogen and oxygen atoms in total. The number of carbonyl (C=O) groups is 1. The molecule has 0 spiro atoms. The first-order valence-electron chi connectivity index (χ1n) is 14.3. The predicted octanol–water partition coefficient (Wildman–Crippen LogP) is 10.3. The first kappa shape index (κ1) is 32.1. The van der Waals surface area contributed by atoms with E-state index in [9.17, 15) is 9.90 Å². The fourth-order valence-corrected chi connectivity index (χ4v) is 3.73. The standard InChI is InChI=1S/C37H44O3/c1-3-4-5-6-7-8-9-10-11-12-13-14-15-16-17-18-19-20-21-22-37(39)40-36-30-32(2)29-34(31-36)24-23-33-25-27-35(38)28-26-33/h4-5,7-8,10-11,13-14,16-17,19-20,23-31,38H,3,6,9,12,15,18,21-22H2,1-2H3/b5-4-,8-7-,11-10-,14-13-,17-16-,20-19-,24-23+. The Morgan fingerprint density at radius 3 is 1.73 bits per heavy atom. The number of hydrogen-bond donors (Lipinski definition) is 1. The molecule has 0 aromatic heterocycles. The Morgan fingerprint density at radius 1 is 0.675 bits per heavy atom. The van der Waals surface area contributed by atoms with Crippen LogP contribution < -0.4 is 4.74 Å². The molecule has 0 aliphatic carbocycles. The molecular formula is C37H44O3. The van der Waals surface area contributed by atoms with E-state index in [2.05, 4.69) is 73.8 Å². The highest BCUT2D eigenvalue weighted by Gasteiger charge is 2.05. The van der Waals surface area contributed by atoms with Crippen molar-refractivity contribution >= 4 is 18.1 Å². The monoisotopic (exact) mass is 536 g/mol. The third-order valence-corrected chi connectivity index (χ3v) is 5.78. The van der Waals surface area contributed by atoms with Crippen molar-refractivity contribution < 1.29 is 14.6 Å². The first-order valence-corrected chi connectivity index (χ1v) is 14.3. The minimum atomic E-state index is -0.237. The van der Waals surface area contributed by atoms with Gasteiger partial charge in [-0.1, -0.05) is 110 Å². The van der Waals surface area contributed by atoms with Crippen molar-refractivity contribution in [2.45, 2.75) is 65.2 Å². The van der Waals surface area contributed by atoms with Gasteiger partial charge in [-0.3, -0.25) is 4.79 Å². The first-order chi connectivity index (χ1) is 19.6. The molecule has 0 saturated heterocycles. The summed E-state index contributed by atoms with van der Waals surface area (Å²) in [6, 6.07) is 12.8. The summed E-state index contributed by atoms with van der Waals surface area (Å²) in [5.74, 6) is 0.558. The fraction of sp³-hybridized carbons (Fsp3) is 0.270. The van der Waals surface area contributed by atoms with E-state index in [4.69, 9.17) is 4.74 Å². The maximum absolute atomic E-state index is 12.3. The fourth-order valence-electron chi connectivity index (χ4n) is 3.73. The molecule has 0 unspecified atom stereocenters. The maximum Gasteiger partial charge on any atom is 0.311 e. The van der Waals surface area contributed by atoms with Gasteiger partial charge in [0.15, 0.2) is 0 Å². The number of aryl methyl sites for hydroxylation is 1. The molecule has 210 valence electrons. The van der Waals surface area contributed by atoms with Crippen LogP contribution in [-0.2, 0) is 4.79 Å². The largest absolute Gasteiger partial charge is 0.508 e. The molecule has 0 radical (unpaired) electrons. The van der Waals surface area contributed by atoms with Gasteiger partial charge in [0.1, 0.15) is 11.5 Å². The minimum Gasteiger partial charge on any atom is -0.508 e. The van der Waals surface area contributed by atoms with Crippen LogP contribution in [0.1, 0.15) is 75.0 Å². The van der Waals surface area contributed by atoms with E-state index >= 15 is 0 Å². The molecule has 0 heterocycles. The number of hydrogen-bond acceptors (Lipinski definition) is 3. The van der Waals surface area contributed by atoms with Crippen LogP contribution in [-0.4, -0.2) is 11.1 Å². The van der Waals surface area contributed by atoms with Crippen molar-refractivity contribution in [2.24, 2.45) is 0 Å². The summed E-state index contributed by atoms with van der Waals surface area (Å²) in [4.78, 5) is 12.3. The number of phenols is 1. The Hall–Kier alpha value is -4.11. The van der Waals surface area contributed by atoms with Crippen LogP contribution in [0.4, 0.5) is 0 Å². The third-order valence-electron chi connectivity index (χ3n) is 5.78. The van der Waals surface area contributed by atoms with Crippen LogP contribution in [0.2, 0.25) is 0 Å². The predicted molar refractivity (Wildman–Crippen MR) is 171 cm³/mol. The van der Waals surface area contributed by atoms with Gasteiger partial charge in [0.2, 0.25) is 0 Å². The van der Waals surface area contributed by atoms with Gasteiger partial charge in [0.25, 0.3) is 0 Å². The van der Waals surface area contributed by atoms with Gasteiger partial charge >= 0.3 is 5.97 Å². The lowest BCUT2D eigenvalue weighted by atomic mass is 10.1. The van der Waals surface area contributed by atoms with Gasteiger partial charge in [-0.05, 0) is 92.8 Å². The van der Waals surface area contributed by atoms with Gasteiger partial charge in [-0.25, -0.2) is 0 Å². The van der Waals surface area contributed by atoms with Gasteiger partial charge in [0, 0.05) is 6.42 Å². The highest BCUT2D eigenvalue weighted by Crippen LogP contribution is 2.20. The molecule has 0 saturated carbocycles. The van der Waals surface area contributed by atoms with Crippen LogP contribution in [0.15, 0.2) is 115 Å². The van der Waals surface area contributed by atoms with Crippen molar-refractivity contribution in [2.75, 3.05) is 0 Å². The second-order valence-corrected chi connectivity index (χ2v) is 9.43. The van der Waals surface area contributed by atoms with E-state index in [1.807, 2.05) is 55.5 Å². The Bertz CT molecular complexity index is 1200. The van der Waals surface area contributed by atoms with Crippen molar-refractivity contribution in [3.63, 3.8) is 0 Å². The number of phenolic OH excluding ortho intramolecular Hbond substituents is 1. The number of esters is 1. The van der Waals surface area contributed by atoms with Crippen LogP contribution in [0.3, 0.4) is 0 Å². The lowest BCUT2D eigenvalue weighted by molar-refractivity contribution is -0.134. The second-order valence-electron chi connectivity index (χ2n) is 9.43. The highest BCUT2D eigenvalue weighted by atomic mass is 16.5. The molecule has 0 atom stereocenters. The number of aromatic hydroxyl groups is 1. The Balaban J connectivity index is 1.59. The van der Waals surface area contributed by atoms with E-state index in [-0.39, 0.29) is 11.7 Å². The normalized spacial score (nSPS) is 12.6. The summed E-state index contributed by atoms with van der Waals surface area (Å²) < 4.78 is 5.57.